The normalized spacial score (nSPS) is 17.3. The standard InChI is InChI=1S/C27H39N2.C10H9NO2.ClH.Ru/c1-18(2)22-11-9-12-23(19(3)4)26(22)28-15-16-29(17-28)27-24(20(5)6)13-10-14-25(27)21(7)8;1-6-4-3-5-8-9(6)13-7(2)10(12)11-8;;/h9-14,17-21H,15-16H2,1-8H3;1,3-5,7H,2H3,(H,11,12);1H;. The van der Waals surface area contributed by atoms with Crippen LogP contribution < -0.4 is 19.9 Å². The van der Waals surface area contributed by atoms with Crippen molar-refractivity contribution in [1.82, 2.24) is 0 Å². The van der Waals surface area contributed by atoms with E-state index in [-0.39, 0.29) is 39.7 Å². The maximum atomic E-state index is 12.3. The van der Waals surface area contributed by atoms with E-state index in [1.54, 1.807) is 0 Å². The fraction of sp³-hybridized carbons (Fsp3) is 0.459. The molecule has 1 saturated heterocycles. The van der Waals surface area contributed by atoms with Gasteiger partial charge >= 0.3 is 267 Å². The summed E-state index contributed by atoms with van der Waals surface area (Å²) in [5.41, 5.74) is 10.4. The van der Waals surface area contributed by atoms with Gasteiger partial charge in [-0.1, -0.05) is 0 Å². The molecule has 0 radical (unpaired) electrons. The number of fused-ring (bicyclic) bond motifs is 1. The van der Waals surface area contributed by atoms with Gasteiger partial charge in [0, 0.05) is 0 Å². The molecule has 44 heavy (non-hydrogen) atoms. The second kappa shape index (κ2) is 14.2. The Labute approximate surface area is 278 Å². The quantitative estimate of drug-likeness (QED) is 0.238. The smallest absolute Gasteiger partial charge is 0.147 e. The molecule has 239 valence electrons. The van der Waals surface area contributed by atoms with Gasteiger partial charge in [-0.15, -0.1) is 12.4 Å². The first-order valence-corrected chi connectivity index (χ1v) is 17.8. The van der Waals surface area contributed by atoms with E-state index >= 15 is 0 Å². The van der Waals surface area contributed by atoms with Gasteiger partial charge in [0.15, 0.2) is 0 Å². The zero-order chi connectivity index (χ0) is 31.0. The van der Waals surface area contributed by atoms with Gasteiger partial charge in [0.25, 0.3) is 0 Å². The zero-order valence-electron chi connectivity index (χ0n) is 27.6. The monoisotopic (exact) mass is 704 g/mol. The molecule has 1 atom stereocenters. The van der Waals surface area contributed by atoms with E-state index in [1.165, 1.54) is 33.6 Å². The number of amides is 1. The van der Waals surface area contributed by atoms with Crippen molar-refractivity contribution in [3.05, 3.63) is 82.4 Å². The molecule has 0 aromatic heterocycles. The number of para-hydroxylation sites is 3. The van der Waals surface area contributed by atoms with E-state index in [9.17, 15) is 4.79 Å². The summed E-state index contributed by atoms with van der Waals surface area (Å²) in [6.45, 7) is 22.3. The minimum atomic E-state index is -0.504. The molecule has 2 aliphatic rings. The molecular weight excluding hydrogens is 655 g/mol. The van der Waals surface area contributed by atoms with Crippen LogP contribution in [-0.2, 0) is 21.5 Å². The molecule has 0 spiro atoms. The molecule has 0 aliphatic carbocycles. The molecular formula is C37H49ClN3O2Ru. The number of hydrogen-bond donors (Lipinski definition) is 1. The number of nitrogens with one attached hydrogen (secondary N) is 1. The van der Waals surface area contributed by atoms with Crippen LogP contribution in [0.2, 0.25) is 0 Å². The van der Waals surface area contributed by atoms with Crippen LogP contribution in [0.25, 0.3) is 0 Å². The Morgan fingerprint density at radius 2 is 1.18 bits per heavy atom. The molecule has 2 aliphatic heterocycles. The van der Waals surface area contributed by atoms with E-state index < -0.39 is 6.10 Å². The van der Waals surface area contributed by atoms with E-state index in [4.69, 9.17) is 4.74 Å². The van der Waals surface area contributed by atoms with E-state index in [2.05, 4.69) is 118 Å². The Hall–Kier alpha value is -2.69. The summed E-state index contributed by atoms with van der Waals surface area (Å²) in [5.74, 6) is 2.41. The minimum Gasteiger partial charge on any atom is -0.147 e. The number of anilines is 3. The molecule has 1 amide bonds. The average molecular weight is 704 g/mol. The molecule has 1 N–H and O–H groups in total. The van der Waals surface area contributed by atoms with Gasteiger partial charge in [0.2, 0.25) is 0 Å². The van der Waals surface area contributed by atoms with Crippen molar-refractivity contribution in [3.63, 3.8) is 0 Å². The zero-order valence-corrected chi connectivity index (χ0v) is 30.2. The number of carbonyl (C=O) groups is 1. The Kier molecular flexibility index (Phi) is 11.0. The van der Waals surface area contributed by atoms with Crippen LogP contribution in [0.5, 0.6) is 5.75 Å². The molecule has 2 heterocycles. The molecule has 0 bridgehead atoms. The second-order valence-electron chi connectivity index (χ2n) is 13.1. The van der Waals surface area contributed by atoms with E-state index in [0.717, 1.165) is 30.1 Å². The van der Waals surface area contributed by atoms with Crippen molar-refractivity contribution in [2.75, 3.05) is 28.2 Å². The van der Waals surface area contributed by atoms with Crippen molar-refractivity contribution in [3.8, 4) is 5.75 Å². The first kappa shape index (κ1) is 34.2. The third-order valence-electron chi connectivity index (χ3n) is 8.58. The van der Waals surface area contributed by atoms with Gasteiger partial charge in [0.1, 0.15) is 0 Å². The maximum Gasteiger partial charge on any atom is -0.147 e. The Morgan fingerprint density at radius 1 is 0.750 bits per heavy atom. The maximum absolute atomic E-state index is 12.3. The Morgan fingerprint density at radius 3 is 1.61 bits per heavy atom. The van der Waals surface area contributed by atoms with Gasteiger partial charge in [0.05, 0.1) is 0 Å². The molecule has 7 heteroatoms. The van der Waals surface area contributed by atoms with Crippen molar-refractivity contribution >= 4 is 40.0 Å². The van der Waals surface area contributed by atoms with Gasteiger partial charge in [-0.3, -0.25) is 0 Å². The minimum absolute atomic E-state index is 0. The molecule has 1 unspecified atom stereocenters. The fourth-order valence-electron chi connectivity index (χ4n) is 6.28. The van der Waals surface area contributed by atoms with E-state index in [1.807, 2.05) is 19.1 Å². The third kappa shape index (κ3) is 6.63. The van der Waals surface area contributed by atoms with Crippen LogP contribution in [0.1, 0.15) is 114 Å². The summed E-state index contributed by atoms with van der Waals surface area (Å²) < 4.78 is 8.78. The van der Waals surface area contributed by atoms with Crippen molar-refractivity contribution in [2.24, 2.45) is 0 Å². The van der Waals surface area contributed by atoms with Crippen LogP contribution >= 0.6 is 12.4 Å². The summed E-state index contributed by atoms with van der Waals surface area (Å²) in [4.78, 5) is 17.8. The number of ether oxygens (including phenoxy) is 1. The van der Waals surface area contributed by atoms with Crippen molar-refractivity contribution < 1.29 is 26.2 Å². The second-order valence-corrected chi connectivity index (χ2v) is 15.0. The molecule has 1 fully saturated rings. The van der Waals surface area contributed by atoms with Gasteiger partial charge < -0.3 is 0 Å². The third-order valence-corrected chi connectivity index (χ3v) is 11.0. The summed E-state index contributed by atoms with van der Waals surface area (Å²) in [5, 5.41) is 3.03. The van der Waals surface area contributed by atoms with Crippen LogP contribution in [0.15, 0.2) is 54.6 Å². The summed E-state index contributed by atoms with van der Waals surface area (Å²) >= 11 is -0.284. The topological polar surface area (TPSA) is 44.8 Å². The molecule has 3 aromatic carbocycles. The summed E-state index contributed by atoms with van der Waals surface area (Å²) in [7, 11) is 0. The average Bonchev–Trinajstić information content (AvgIpc) is 3.38. The first-order valence-electron chi connectivity index (χ1n) is 15.8. The summed E-state index contributed by atoms with van der Waals surface area (Å²) in [6.07, 6.45) is -0.504. The van der Waals surface area contributed by atoms with Gasteiger partial charge in [-0.25, -0.2) is 0 Å². The number of nitrogens with zero attached hydrogens (tertiary/aromatic N) is 2. The molecule has 5 rings (SSSR count). The van der Waals surface area contributed by atoms with Crippen molar-refractivity contribution in [2.45, 2.75) is 96.8 Å². The van der Waals surface area contributed by atoms with Crippen LogP contribution in [-0.4, -0.2) is 34.5 Å². The van der Waals surface area contributed by atoms with Gasteiger partial charge in [-0.05, 0) is 0 Å². The molecule has 0 saturated carbocycles. The SMILES string of the molecule is CC1Oc2c(/[CH]=[Ru]/[CH]3N(c4c(C(C)C)cccc4C(C)C)CCN3c3c(C(C)C)cccc3C(C)C)cccc2NC1=O.Cl. The number of benzene rings is 3. The van der Waals surface area contributed by atoms with E-state index in [0.29, 0.717) is 23.7 Å². The van der Waals surface area contributed by atoms with Crippen molar-refractivity contribution in [1.29, 1.82) is 0 Å². The number of hydrogen-bond acceptors (Lipinski definition) is 4. The Bertz CT molecular complexity index is 1390. The molecule has 3 aromatic rings. The molecule has 5 nitrogen and oxygen atoms in total. The fourth-order valence-corrected chi connectivity index (χ4v) is 8.77. The predicted molar refractivity (Wildman–Crippen MR) is 185 cm³/mol. The van der Waals surface area contributed by atoms with Gasteiger partial charge in [-0.2, -0.15) is 0 Å². The number of carbonyl (C=O) groups excluding carboxylic acids is 1. The number of rotatable bonds is 8. The largest absolute Gasteiger partial charge is 0.147 e. The number of halogens is 1. The first-order chi connectivity index (χ1) is 20.5. The van der Waals surface area contributed by atoms with Crippen LogP contribution in [0.4, 0.5) is 17.1 Å². The predicted octanol–water partition coefficient (Wildman–Crippen LogP) is 8.86. The van der Waals surface area contributed by atoms with Crippen LogP contribution in [0.3, 0.4) is 0 Å². The summed E-state index contributed by atoms with van der Waals surface area (Å²) in [6, 6.07) is 19.9. The Balaban J connectivity index is 0.00000442. The van der Waals surface area contributed by atoms with Crippen LogP contribution in [0, 0.1) is 0 Å².